The molecule has 0 aromatic carbocycles. The van der Waals surface area contributed by atoms with Crippen molar-refractivity contribution in [3.05, 3.63) is 35.0 Å². The number of H-pyrrole nitrogens is 1. The molecule has 0 bridgehead atoms. The molecule has 0 saturated carbocycles. The molecule has 3 nitrogen and oxygen atoms in total. The van der Waals surface area contributed by atoms with Crippen LogP contribution in [0.3, 0.4) is 0 Å². The molecule has 13 heavy (non-hydrogen) atoms. The third-order valence-electron chi connectivity index (χ3n) is 1.71. The zero-order valence-electron chi connectivity index (χ0n) is 6.95. The van der Waals surface area contributed by atoms with Crippen LogP contribution in [0.25, 0.3) is 12.7 Å². The molecule has 64 valence electrons. The molecule has 1 aliphatic rings. The van der Waals surface area contributed by atoms with Crippen LogP contribution in [0.5, 0.6) is 0 Å². The van der Waals surface area contributed by atoms with Crippen molar-refractivity contribution >= 4 is 24.3 Å². The summed E-state index contributed by atoms with van der Waals surface area (Å²) in [5.41, 5.74) is 0.673. The summed E-state index contributed by atoms with van der Waals surface area (Å²) in [6.07, 6.45) is 4.93. The molecule has 1 amide bonds. The van der Waals surface area contributed by atoms with Gasteiger partial charge in [-0.3, -0.25) is 4.79 Å². The van der Waals surface area contributed by atoms with E-state index < -0.39 is 0 Å². The number of hydrogen-bond acceptors (Lipinski definition) is 1. The zero-order valence-corrected chi connectivity index (χ0v) is 6.95. The highest BCUT2D eigenvalue weighted by atomic mass is 16.1. The Kier molecular flexibility index (Phi) is 1.70. The average Bonchev–Trinajstić information content (AvgIpc) is 2.62. The van der Waals surface area contributed by atoms with Crippen LogP contribution in [0.4, 0.5) is 0 Å². The van der Waals surface area contributed by atoms with Gasteiger partial charge >= 0.3 is 0 Å². The van der Waals surface area contributed by atoms with Gasteiger partial charge in [0.1, 0.15) is 0 Å². The first-order valence-corrected chi connectivity index (χ1v) is 3.90. The molecule has 0 saturated heterocycles. The van der Waals surface area contributed by atoms with Crippen LogP contribution in [0.2, 0.25) is 0 Å². The monoisotopic (exact) mass is 172 g/mol. The van der Waals surface area contributed by atoms with E-state index in [9.17, 15) is 4.79 Å². The molecule has 0 aliphatic carbocycles. The fourth-order valence-corrected chi connectivity index (χ4v) is 1.14. The van der Waals surface area contributed by atoms with Crippen LogP contribution in [0.15, 0.2) is 29.3 Å². The van der Waals surface area contributed by atoms with E-state index in [1.165, 1.54) is 6.08 Å². The minimum atomic E-state index is -0.201. The van der Waals surface area contributed by atoms with E-state index >= 15 is 0 Å². The van der Waals surface area contributed by atoms with E-state index in [-0.39, 0.29) is 5.91 Å². The Bertz CT molecular complexity index is 505. The molecule has 0 radical (unpaired) electrons. The second kappa shape index (κ2) is 2.86. The first-order chi connectivity index (χ1) is 6.24. The zero-order chi connectivity index (χ0) is 9.26. The SMILES string of the molecule is C=c1cc/c(=C\C2=NC(=O)C=C2)[nH]1. The molecule has 0 unspecified atom stereocenters. The van der Waals surface area contributed by atoms with Gasteiger partial charge < -0.3 is 4.98 Å². The molecule has 0 spiro atoms. The van der Waals surface area contributed by atoms with E-state index in [0.29, 0.717) is 5.71 Å². The summed E-state index contributed by atoms with van der Waals surface area (Å²) < 4.78 is 0. The van der Waals surface area contributed by atoms with Gasteiger partial charge in [-0.1, -0.05) is 6.58 Å². The van der Waals surface area contributed by atoms with Gasteiger partial charge in [0.05, 0.1) is 5.71 Å². The summed E-state index contributed by atoms with van der Waals surface area (Å²) in [6, 6.07) is 3.76. The van der Waals surface area contributed by atoms with Crippen molar-refractivity contribution in [3.8, 4) is 0 Å². The Labute approximate surface area is 74.8 Å². The summed E-state index contributed by atoms with van der Waals surface area (Å²) in [5, 5.41) is 1.75. The van der Waals surface area contributed by atoms with E-state index in [1.807, 2.05) is 12.1 Å². The van der Waals surface area contributed by atoms with Crippen LogP contribution < -0.4 is 10.7 Å². The molecule has 2 heterocycles. The minimum absolute atomic E-state index is 0.201. The number of nitrogens with zero attached hydrogens (tertiary/aromatic N) is 1. The fraction of sp³-hybridized carbons (Fsp3) is 0. The molecule has 2 rings (SSSR count). The van der Waals surface area contributed by atoms with Crippen LogP contribution >= 0.6 is 0 Å². The lowest BCUT2D eigenvalue weighted by Gasteiger charge is -1.81. The summed E-state index contributed by atoms with van der Waals surface area (Å²) in [5.74, 6) is -0.201. The molecule has 1 aliphatic heterocycles. The summed E-state index contributed by atoms with van der Waals surface area (Å²) in [6.45, 7) is 3.73. The van der Waals surface area contributed by atoms with Crippen LogP contribution in [-0.4, -0.2) is 16.6 Å². The van der Waals surface area contributed by atoms with Gasteiger partial charge in [0.15, 0.2) is 0 Å². The quantitative estimate of drug-likeness (QED) is 0.623. The highest BCUT2D eigenvalue weighted by Gasteiger charge is 2.02. The topological polar surface area (TPSA) is 45.2 Å². The van der Waals surface area contributed by atoms with Gasteiger partial charge in [-0.2, -0.15) is 0 Å². The number of aromatic amines is 1. The Balaban J connectivity index is 2.42. The number of hydrogen-bond donors (Lipinski definition) is 1. The van der Waals surface area contributed by atoms with Crippen molar-refractivity contribution in [1.29, 1.82) is 0 Å². The number of rotatable bonds is 1. The number of carbonyl (C=O) groups excluding carboxylic acids is 1. The number of aliphatic imine (C=N–C) groups is 1. The highest BCUT2D eigenvalue weighted by molar-refractivity contribution is 6.26. The van der Waals surface area contributed by atoms with Crippen molar-refractivity contribution < 1.29 is 4.79 Å². The third-order valence-corrected chi connectivity index (χ3v) is 1.71. The average molecular weight is 172 g/mol. The maximum atomic E-state index is 10.7. The number of nitrogens with one attached hydrogen (secondary N) is 1. The van der Waals surface area contributed by atoms with Crippen molar-refractivity contribution in [2.24, 2.45) is 4.99 Å². The van der Waals surface area contributed by atoms with Gasteiger partial charge in [-0.15, -0.1) is 0 Å². The molecule has 1 aromatic rings. The molecule has 0 fully saturated rings. The van der Waals surface area contributed by atoms with Gasteiger partial charge in [0.25, 0.3) is 5.91 Å². The second-order valence-corrected chi connectivity index (χ2v) is 2.79. The summed E-state index contributed by atoms with van der Waals surface area (Å²) in [4.78, 5) is 17.5. The first-order valence-electron chi connectivity index (χ1n) is 3.90. The van der Waals surface area contributed by atoms with E-state index in [4.69, 9.17) is 0 Å². The lowest BCUT2D eigenvalue weighted by Crippen LogP contribution is -2.09. The molecule has 3 heteroatoms. The van der Waals surface area contributed by atoms with E-state index in [1.54, 1.807) is 12.2 Å². The van der Waals surface area contributed by atoms with Gasteiger partial charge in [0, 0.05) is 16.8 Å². The fourth-order valence-electron chi connectivity index (χ4n) is 1.14. The number of aromatic nitrogens is 1. The molecule has 1 aromatic heterocycles. The molecule has 0 atom stereocenters. The molecular weight excluding hydrogens is 164 g/mol. The number of allylic oxidation sites excluding steroid dienone is 1. The Morgan fingerprint density at radius 2 is 2.23 bits per heavy atom. The lowest BCUT2D eigenvalue weighted by atomic mass is 10.3. The predicted octanol–water partition coefficient (Wildman–Crippen LogP) is -0.257. The predicted molar refractivity (Wildman–Crippen MR) is 51.6 cm³/mol. The summed E-state index contributed by atoms with van der Waals surface area (Å²) in [7, 11) is 0. The maximum absolute atomic E-state index is 10.7. The number of carbonyl (C=O) groups is 1. The van der Waals surface area contributed by atoms with Crippen molar-refractivity contribution in [2.75, 3.05) is 0 Å². The smallest absolute Gasteiger partial charge is 0.270 e. The largest absolute Gasteiger partial charge is 0.356 e. The standard InChI is InChI=1S/C10H8N2O/c1-7-2-3-8(11-7)6-9-4-5-10(13)12-9/h2-6,11H,1H2/b8-6+. The van der Waals surface area contributed by atoms with Gasteiger partial charge in [0.2, 0.25) is 0 Å². The van der Waals surface area contributed by atoms with Gasteiger partial charge in [-0.25, -0.2) is 4.99 Å². The van der Waals surface area contributed by atoms with Crippen molar-refractivity contribution in [3.63, 3.8) is 0 Å². The summed E-state index contributed by atoms with van der Waals surface area (Å²) >= 11 is 0. The van der Waals surface area contributed by atoms with Gasteiger partial charge in [-0.05, 0) is 24.3 Å². The highest BCUT2D eigenvalue weighted by Crippen LogP contribution is 1.95. The van der Waals surface area contributed by atoms with Crippen LogP contribution in [0, 0.1) is 0 Å². The normalized spacial score (nSPS) is 16.8. The Hall–Kier alpha value is -1.90. The van der Waals surface area contributed by atoms with Crippen LogP contribution in [0.1, 0.15) is 0 Å². The first kappa shape index (κ1) is 7.73. The van der Waals surface area contributed by atoms with E-state index in [0.717, 1.165) is 10.7 Å². The number of amides is 1. The molecule has 1 N–H and O–H groups in total. The lowest BCUT2D eigenvalue weighted by molar-refractivity contribution is -0.113. The molecular formula is C10H8N2O. The maximum Gasteiger partial charge on any atom is 0.270 e. The van der Waals surface area contributed by atoms with Crippen molar-refractivity contribution in [1.82, 2.24) is 4.98 Å². The minimum Gasteiger partial charge on any atom is -0.356 e. The Morgan fingerprint density at radius 3 is 2.77 bits per heavy atom. The van der Waals surface area contributed by atoms with Crippen LogP contribution in [-0.2, 0) is 4.79 Å². The Morgan fingerprint density at radius 1 is 1.38 bits per heavy atom. The second-order valence-electron chi connectivity index (χ2n) is 2.79. The van der Waals surface area contributed by atoms with Crippen molar-refractivity contribution in [2.45, 2.75) is 0 Å². The third kappa shape index (κ3) is 1.64. The van der Waals surface area contributed by atoms with E-state index in [2.05, 4.69) is 16.6 Å².